The summed E-state index contributed by atoms with van der Waals surface area (Å²) in [6.07, 6.45) is 10.5. The summed E-state index contributed by atoms with van der Waals surface area (Å²) in [7, 11) is 3.80. The Hall–Kier alpha value is -2.48. The number of hydrogen-bond acceptors (Lipinski definition) is 5. The maximum atomic E-state index is 14.2. The molecule has 0 spiro atoms. The molecule has 0 aliphatic heterocycles. The van der Waals surface area contributed by atoms with E-state index in [0.29, 0.717) is 11.7 Å². The van der Waals surface area contributed by atoms with Gasteiger partial charge in [-0.2, -0.15) is 10.2 Å². The van der Waals surface area contributed by atoms with Crippen molar-refractivity contribution in [2.24, 2.45) is 7.05 Å². The van der Waals surface area contributed by atoms with E-state index in [0.717, 1.165) is 31.2 Å². The molecule has 3 aromatic rings. The smallest absolute Gasteiger partial charge is 0.244 e. The number of nitrogens with zero attached hydrogens (tertiary/aromatic N) is 5. The van der Waals surface area contributed by atoms with Gasteiger partial charge in [-0.3, -0.25) is 4.68 Å². The lowest BCUT2D eigenvalue weighted by Gasteiger charge is -2.29. The van der Waals surface area contributed by atoms with Crippen LogP contribution in [0.3, 0.4) is 0 Å². The van der Waals surface area contributed by atoms with Crippen LogP contribution in [0.4, 0.5) is 4.39 Å². The Bertz CT molecular complexity index is 889. The molecule has 1 fully saturated rings. The summed E-state index contributed by atoms with van der Waals surface area (Å²) in [5.74, 6) is -0.140. The van der Waals surface area contributed by atoms with Gasteiger partial charge in [-0.05, 0) is 32.7 Å². The van der Waals surface area contributed by atoms with Gasteiger partial charge in [0.1, 0.15) is 6.10 Å². The third-order valence-electron chi connectivity index (χ3n) is 4.73. The van der Waals surface area contributed by atoms with Crippen molar-refractivity contribution in [3.63, 3.8) is 0 Å². The fraction of sp³-hybridized carbons (Fsp3) is 0.471. The van der Waals surface area contributed by atoms with Crippen LogP contribution in [0, 0.1) is 5.82 Å². The number of rotatable bonds is 4. The van der Waals surface area contributed by atoms with Crippen LogP contribution in [0.25, 0.3) is 16.8 Å². The number of fused-ring (bicyclic) bond motifs is 1. The number of halogens is 1. The molecule has 1 N–H and O–H groups in total. The largest absolute Gasteiger partial charge is 0.473 e. The molecule has 4 rings (SSSR count). The summed E-state index contributed by atoms with van der Waals surface area (Å²) in [5, 5.41) is 11.5. The minimum Gasteiger partial charge on any atom is -0.473 e. The van der Waals surface area contributed by atoms with Crippen LogP contribution in [0.5, 0.6) is 5.88 Å². The minimum atomic E-state index is -0.429. The lowest BCUT2D eigenvalue weighted by atomic mass is 9.93. The molecule has 0 aromatic carbocycles. The van der Waals surface area contributed by atoms with E-state index in [2.05, 4.69) is 20.5 Å². The Labute approximate surface area is 144 Å². The van der Waals surface area contributed by atoms with Crippen molar-refractivity contribution in [1.82, 2.24) is 29.7 Å². The zero-order valence-electron chi connectivity index (χ0n) is 14.3. The van der Waals surface area contributed by atoms with E-state index >= 15 is 0 Å². The first-order valence-electron chi connectivity index (χ1n) is 8.51. The second-order valence-electron chi connectivity index (χ2n) is 6.51. The van der Waals surface area contributed by atoms with Crippen molar-refractivity contribution in [3.8, 4) is 17.1 Å². The average Bonchev–Trinajstić information content (AvgIpc) is 3.21. The molecule has 1 aliphatic rings. The van der Waals surface area contributed by atoms with Gasteiger partial charge in [0.25, 0.3) is 0 Å². The third kappa shape index (κ3) is 3.09. The van der Waals surface area contributed by atoms with Crippen molar-refractivity contribution >= 4 is 5.52 Å². The van der Waals surface area contributed by atoms with E-state index in [1.54, 1.807) is 17.1 Å². The van der Waals surface area contributed by atoms with Crippen LogP contribution in [0.15, 0.2) is 24.8 Å². The molecule has 132 valence electrons. The average molecular weight is 344 g/mol. The van der Waals surface area contributed by atoms with Crippen LogP contribution in [0.1, 0.15) is 25.7 Å². The Morgan fingerprint density at radius 2 is 2.12 bits per heavy atom. The Kier molecular flexibility index (Phi) is 4.12. The highest BCUT2D eigenvalue weighted by Crippen LogP contribution is 2.29. The molecule has 7 nitrogen and oxygen atoms in total. The summed E-state index contributed by atoms with van der Waals surface area (Å²) in [4.78, 5) is 4.57. The first kappa shape index (κ1) is 16.0. The number of aromatic nitrogens is 5. The molecular formula is C17H21FN6O. The summed E-state index contributed by atoms with van der Waals surface area (Å²) >= 11 is 0. The molecule has 1 aliphatic carbocycles. The molecule has 0 bridgehead atoms. The van der Waals surface area contributed by atoms with Gasteiger partial charge in [0.2, 0.25) is 5.88 Å². The molecule has 25 heavy (non-hydrogen) atoms. The molecule has 0 radical (unpaired) electrons. The van der Waals surface area contributed by atoms with Crippen molar-refractivity contribution in [3.05, 3.63) is 30.6 Å². The van der Waals surface area contributed by atoms with Gasteiger partial charge in [-0.25, -0.2) is 13.9 Å². The zero-order chi connectivity index (χ0) is 17.4. The fourth-order valence-corrected chi connectivity index (χ4v) is 3.39. The van der Waals surface area contributed by atoms with Crippen molar-refractivity contribution < 1.29 is 9.13 Å². The lowest BCUT2D eigenvalue weighted by Crippen LogP contribution is -2.36. The van der Waals surface area contributed by atoms with E-state index in [4.69, 9.17) is 4.74 Å². The predicted octanol–water partition coefficient (Wildman–Crippen LogP) is 2.18. The van der Waals surface area contributed by atoms with E-state index in [1.807, 2.05) is 20.3 Å². The number of hydrogen-bond donors (Lipinski definition) is 1. The van der Waals surface area contributed by atoms with Gasteiger partial charge in [-0.15, -0.1) is 0 Å². The van der Waals surface area contributed by atoms with Gasteiger partial charge in [0, 0.05) is 24.8 Å². The highest BCUT2D eigenvalue weighted by molar-refractivity contribution is 5.64. The molecular weight excluding hydrogens is 323 g/mol. The van der Waals surface area contributed by atoms with Crippen LogP contribution in [-0.4, -0.2) is 43.6 Å². The summed E-state index contributed by atoms with van der Waals surface area (Å²) in [6.45, 7) is 0. The van der Waals surface area contributed by atoms with Crippen LogP contribution in [-0.2, 0) is 7.05 Å². The predicted molar refractivity (Wildman–Crippen MR) is 90.9 cm³/mol. The number of ether oxygens (including phenoxy) is 1. The Morgan fingerprint density at radius 3 is 2.88 bits per heavy atom. The monoisotopic (exact) mass is 344 g/mol. The molecule has 0 unspecified atom stereocenters. The van der Waals surface area contributed by atoms with Crippen molar-refractivity contribution in [2.75, 3.05) is 7.05 Å². The molecule has 8 heteroatoms. The molecule has 0 amide bonds. The van der Waals surface area contributed by atoms with Crippen LogP contribution in [0.2, 0.25) is 0 Å². The van der Waals surface area contributed by atoms with E-state index in [-0.39, 0.29) is 17.5 Å². The standard InChI is InChI=1S/C17H21FN6O/c1-19-12-4-3-5-13(6-12)25-17-16-14(18)8-21-24(16)10-15(22-17)11-7-20-23(2)9-11/h7-10,12-13,19H,3-6H2,1-2H3/t12-,13+/m0/s1. The summed E-state index contributed by atoms with van der Waals surface area (Å²) < 4.78 is 23.5. The topological polar surface area (TPSA) is 69.3 Å². The van der Waals surface area contributed by atoms with Gasteiger partial charge in [0.05, 0.1) is 24.3 Å². The van der Waals surface area contributed by atoms with Crippen LogP contribution >= 0.6 is 0 Å². The molecule has 3 heterocycles. The maximum absolute atomic E-state index is 14.2. The first-order chi connectivity index (χ1) is 12.1. The number of nitrogens with one attached hydrogen (secondary N) is 1. The first-order valence-corrected chi connectivity index (χ1v) is 8.51. The van der Waals surface area contributed by atoms with Gasteiger partial charge in [0.15, 0.2) is 11.3 Å². The van der Waals surface area contributed by atoms with Gasteiger partial charge in [-0.1, -0.05) is 0 Å². The Morgan fingerprint density at radius 1 is 1.24 bits per heavy atom. The molecule has 2 atom stereocenters. The molecule has 1 saturated carbocycles. The normalized spacial score (nSPS) is 20.9. The van der Waals surface area contributed by atoms with Crippen molar-refractivity contribution in [2.45, 2.75) is 37.8 Å². The fourth-order valence-electron chi connectivity index (χ4n) is 3.39. The minimum absolute atomic E-state index is 0.0148. The van der Waals surface area contributed by atoms with Crippen molar-refractivity contribution in [1.29, 1.82) is 0 Å². The molecule has 3 aromatic heterocycles. The van der Waals surface area contributed by atoms with Gasteiger partial charge < -0.3 is 10.1 Å². The zero-order valence-corrected chi connectivity index (χ0v) is 14.3. The maximum Gasteiger partial charge on any atom is 0.244 e. The summed E-state index contributed by atoms with van der Waals surface area (Å²) in [5.41, 5.74) is 1.76. The van der Waals surface area contributed by atoms with Gasteiger partial charge >= 0.3 is 0 Å². The summed E-state index contributed by atoms with van der Waals surface area (Å²) in [6, 6.07) is 0.422. The highest BCUT2D eigenvalue weighted by atomic mass is 19.1. The SMILES string of the molecule is CN[C@H]1CCC[C@@H](Oc2nc(-c3cnn(C)c3)cn3ncc(F)c23)C1. The van der Waals surface area contributed by atoms with E-state index in [9.17, 15) is 4.39 Å². The van der Waals surface area contributed by atoms with E-state index < -0.39 is 5.82 Å². The number of aryl methyl sites for hydroxylation is 1. The molecule has 0 saturated heterocycles. The van der Waals surface area contributed by atoms with E-state index in [1.165, 1.54) is 10.7 Å². The quantitative estimate of drug-likeness (QED) is 0.786. The second-order valence-corrected chi connectivity index (χ2v) is 6.51. The third-order valence-corrected chi connectivity index (χ3v) is 4.73. The second kappa shape index (κ2) is 6.44. The van der Waals surface area contributed by atoms with Crippen LogP contribution < -0.4 is 10.1 Å². The Balaban J connectivity index is 1.72. The highest BCUT2D eigenvalue weighted by Gasteiger charge is 2.25. The lowest BCUT2D eigenvalue weighted by molar-refractivity contribution is 0.133.